The van der Waals surface area contributed by atoms with E-state index in [1.807, 2.05) is 6.92 Å². The van der Waals surface area contributed by atoms with Crippen molar-refractivity contribution in [1.29, 1.82) is 0 Å². The zero-order valence-corrected chi connectivity index (χ0v) is 11.2. The highest BCUT2D eigenvalue weighted by molar-refractivity contribution is 5.32. The maximum absolute atomic E-state index is 6.12. The highest BCUT2D eigenvalue weighted by Gasteiger charge is 2.11. The Morgan fingerprint density at radius 1 is 1.24 bits per heavy atom. The van der Waals surface area contributed by atoms with E-state index >= 15 is 0 Å². The molecular weight excluding hydrogens is 214 g/mol. The molecule has 3 nitrogen and oxygen atoms in total. The van der Waals surface area contributed by atoms with Crippen molar-refractivity contribution in [2.24, 2.45) is 5.73 Å². The van der Waals surface area contributed by atoms with E-state index in [4.69, 9.17) is 15.2 Å². The average Bonchev–Trinajstić information content (AvgIpc) is 2.26. The van der Waals surface area contributed by atoms with Gasteiger partial charge in [0.25, 0.3) is 0 Å². The molecule has 0 aliphatic carbocycles. The molecule has 0 bridgehead atoms. The molecule has 2 unspecified atom stereocenters. The molecular formula is C14H23NO2. The Morgan fingerprint density at radius 2 is 1.94 bits per heavy atom. The number of aryl methyl sites for hydroxylation is 2. The summed E-state index contributed by atoms with van der Waals surface area (Å²) in [6.07, 6.45) is 0.0804. The summed E-state index contributed by atoms with van der Waals surface area (Å²) in [6, 6.07) is 6.24. The highest BCUT2D eigenvalue weighted by atomic mass is 16.5. The molecule has 2 atom stereocenters. The van der Waals surface area contributed by atoms with Crippen molar-refractivity contribution in [2.75, 3.05) is 20.3 Å². The molecule has 2 N–H and O–H groups in total. The smallest absolute Gasteiger partial charge is 0.0781 e. The Balaban J connectivity index is 2.54. The lowest BCUT2D eigenvalue weighted by atomic mass is 10.0. The van der Waals surface area contributed by atoms with E-state index in [1.165, 1.54) is 11.1 Å². The third-order valence-corrected chi connectivity index (χ3v) is 2.79. The second-order valence-corrected chi connectivity index (χ2v) is 4.57. The fourth-order valence-corrected chi connectivity index (χ4v) is 1.88. The minimum Gasteiger partial charge on any atom is -0.382 e. The minimum atomic E-state index is -0.0742. The van der Waals surface area contributed by atoms with Crippen LogP contribution in [0.25, 0.3) is 0 Å². The number of nitrogens with two attached hydrogens (primary N) is 1. The van der Waals surface area contributed by atoms with Gasteiger partial charge in [-0.25, -0.2) is 0 Å². The van der Waals surface area contributed by atoms with Crippen molar-refractivity contribution in [3.63, 3.8) is 0 Å². The number of hydrogen-bond donors (Lipinski definition) is 1. The van der Waals surface area contributed by atoms with Gasteiger partial charge in [-0.05, 0) is 31.9 Å². The molecule has 96 valence electrons. The molecule has 1 aromatic carbocycles. The zero-order valence-electron chi connectivity index (χ0n) is 11.2. The molecule has 0 radical (unpaired) electrons. The van der Waals surface area contributed by atoms with Crippen LogP contribution in [0.1, 0.15) is 29.7 Å². The van der Waals surface area contributed by atoms with Crippen LogP contribution in [0.4, 0.5) is 0 Å². The van der Waals surface area contributed by atoms with E-state index in [0.717, 1.165) is 5.56 Å². The van der Waals surface area contributed by atoms with Gasteiger partial charge in [0, 0.05) is 7.11 Å². The quantitative estimate of drug-likeness (QED) is 0.826. The fourth-order valence-electron chi connectivity index (χ4n) is 1.88. The third kappa shape index (κ3) is 4.46. The SMILES string of the molecule is COCC(C)OCC(N)c1ccc(C)cc1C. The summed E-state index contributed by atoms with van der Waals surface area (Å²) in [5, 5.41) is 0. The van der Waals surface area contributed by atoms with Crippen molar-refractivity contribution < 1.29 is 9.47 Å². The minimum absolute atomic E-state index is 0.0742. The van der Waals surface area contributed by atoms with Gasteiger partial charge in [0.2, 0.25) is 0 Å². The average molecular weight is 237 g/mol. The molecule has 0 heterocycles. The largest absolute Gasteiger partial charge is 0.382 e. The zero-order chi connectivity index (χ0) is 12.8. The topological polar surface area (TPSA) is 44.5 Å². The van der Waals surface area contributed by atoms with E-state index in [-0.39, 0.29) is 12.1 Å². The second-order valence-electron chi connectivity index (χ2n) is 4.57. The molecule has 0 aromatic heterocycles. The van der Waals surface area contributed by atoms with Crippen LogP contribution >= 0.6 is 0 Å². The Labute approximate surface area is 104 Å². The summed E-state index contributed by atoms with van der Waals surface area (Å²) in [5.41, 5.74) is 9.76. The van der Waals surface area contributed by atoms with E-state index in [0.29, 0.717) is 13.2 Å². The normalized spacial score (nSPS) is 14.6. The van der Waals surface area contributed by atoms with Crippen LogP contribution in [0.5, 0.6) is 0 Å². The van der Waals surface area contributed by atoms with Gasteiger partial charge in [0.15, 0.2) is 0 Å². The monoisotopic (exact) mass is 237 g/mol. The van der Waals surface area contributed by atoms with Gasteiger partial charge in [-0.3, -0.25) is 0 Å². The van der Waals surface area contributed by atoms with Gasteiger partial charge >= 0.3 is 0 Å². The molecule has 0 spiro atoms. The van der Waals surface area contributed by atoms with Crippen LogP contribution in [0.2, 0.25) is 0 Å². The van der Waals surface area contributed by atoms with Crippen LogP contribution < -0.4 is 5.73 Å². The highest BCUT2D eigenvalue weighted by Crippen LogP contribution is 2.17. The molecule has 17 heavy (non-hydrogen) atoms. The van der Waals surface area contributed by atoms with Gasteiger partial charge in [-0.2, -0.15) is 0 Å². The molecule has 0 saturated carbocycles. The van der Waals surface area contributed by atoms with Gasteiger partial charge in [-0.15, -0.1) is 0 Å². The summed E-state index contributed by atoms with van der Waals surface area (Å²) < 4.78 is 10.6. The van der Waals surface area contributed by atoms with E-state index < -0.39 is 0 Å². The predicted molar refractivity (Wildman–Crippen MR) is 70.1 cm³/mol. The van der Waals surface area contributed by atoms with Crippen molar-refractivity contribution in [2.45, 2.75) is 32.9 Å². The van der Waals surface area contributed by atoms with Crippen molar-refractivity contribution in [3.8, 4) is 0 Å². The summed E-state index contributed by atoms with van der Waals surface area (Å²) >= 11 is 0. The Morgan fingerprint density at radius 3 is 2.53 bits per heavy atom. The fraction of sp³-hybridized carbons (Fsp3) is 0.571. The summed E-state index contributed by atoms with van der Waals surface area (Å²) in [6.45, 7) is 7.27. The standard InChI is InChI=1S/C14H23NO2/c1-10-5-6-13(11(2)7-10)14(15)9-17-12(3)8-16-4/h5-7,12,14H,8-9,15H2,1-4H3. The van der Waals surface area contributed by atoms with Gasteiger partial charge < -0.3 is 15.2 Å². The molecule has 3 heteroatoms. The van der Waals surface area contributed by atoms with E-state index in [1.54, 1.807) is 7.11 Å². The van der Waals surface area contributed by atoms with Crippen LogP contribution in [0.3, 0.4) is 0 Å². The predicted octanol–water partition coefficient (Wildman–Crippen LogP) is 2.35. The van der Waals surface area contributed by atoms with Crippen molar-refractivity contribution in [1.82, 2.24) is 0 Å². The molecule has 1 aromatic rings. The van der Waals surface area contributed by atoms with E-state index in [2.05, 4.69) is 32.0 Å². The number of rotatable bonds is 6. The molecule has 0 saturated heterocycles. The third-order valence-electron chi connectivity index (χ3n) is 2.79. The maximum atomic E-state index is 6.12. The molecule has 0 fully saturated rings. The van der Waals surface area contributed by atoms with Gasteiger partial charge in [0.1, 0.15) is 0 Å². The lowest BCUT2D eigenvalue weighted by Crippen LogP contribution is -2.23. The summed E-state index contributed by atoms with van der Waals surface area (Å²) in [5.74, 6) is 0. The lowest BCUT2D eigenvalue weighted by Gasteiger charge is -2.18. The summed E-state index contributed by atoms with van der Waals surface area (Å²) in [4.78, 5) is 0. The Bertz CT molecular complexity index is 352. The van der Waals surface area contributed by atoms with Gasteiger partial charge in [-0.1, -0.05) is 23.8 Å². The molecule has 1 rings (SSSR count). The van der Waals surface area contributed by atoms with Gasteiger partial charge in [0.05, 0.1) is 25.4 Å². The number of hydrogen-bond acceptors (Lipinski definition) is 3. The first-order valence-corrected chi connectivity index (χ1v) is 5.98. The first-order chi connectivity index (χ1) is 8.04. The first kappa shape index (κ1) is 14.2. The second kappa shape index (κ2) is 6.74. The first-order valence-electron chi connectivity index (χ1n) is 5.98. The van der Waals surface area contributed by atoms with Crippen molar-refractivity contribution in [3.05, 3.63) is 34.9 Å². The van der Waals surface area contributed by atoms with Crippen molar-refractivity contribution >= 4 is 0 Å². The van der Waals surface area contributed by atoms with Crippen LogP contribution in [0, 0.1) is 13.8 Å². The molecule has 0 amide bonds. The molecule has 0 aliphatic rings. The van der Waals surface area contributed by atoms with Crippen LogP contribution in [-0.4, -0.2) is 26.4 Å². The summed E-state index contributed by atoms with van der Waals surface area (Å²) in [7, 11) is 1.67. The molecule has 0 aliphatic heterocycles. The van der Waals surface area contributed by atoms with Crippen LogP contribution in [-0.2, 0) is 9.47 Å². The Kier molecular flexibility index (Phi) is 5.62. The van der Waals surface area contributed by atoms with Crippen LogP contribution in [0.15, 0.2) is 18.2 Å². The number of methoxy groups -OCH3 is 1. The maximum Gasteiger partial charge on any atom is 0.0781 e. The number of ether oxygens (including phenoxy) is 2. The lowest BCUT2D eigenvalue weighted by molar-refractivity contribution is 0.00323. The Hall–Kier alpha value is -0.900. The van der Waals surface area contributed by atoms with E-state index in [9.17, 15) is 0 Å². The number of benzene rings is 1.